The van der Waals surface area contributed by atoms with Gasteiger partial charge in [0.15, 0.2) is 0 Å². The highest BCUT2D eigenvalue weighted by atomic mass is 16.3. The van der Waals surface area contributed by atoms with Crippen LogP contribution in [-0.4, -0.2) is 36.4 Å². The summed E-state index contributed by atoms with van der Waals surface area (Å²) in [5, 5.41) is 11.6. The van der Waals surface area contributed by atoms with Gasteiger partial charge in [-0.1, -0.05) is 0 Å². The van der Waals surface area contributed by atoms with Gasteiger partial charge in [-0.3, -0.25) is 10.4 Å². The fourth-order valence-electron chi connectivity index (χ4n) is 1.35. The number of rotatable bonds is 4. The number of nitrogens with one attached hydrogen (secondary N) is 1. The van der Waals surface area contributed by atoms with Crippen LogP contribution in [0.15, 0.2) is 0 Å². The lowest BCUT2D eigenvalue weighted by atomic mass is 9.78. The van der Waals surface area contributed by atoms with Crippen LogP contribution in [0.4, 0.5) is 0 Å². The molecule has 1 aliphatic rings. The topological polar surface area (TPSA) is 35.5 Å². The molecule has 0 radical (unpaired) electrons. The summed E-state index contributed by atoms with van der Waals surface area (Å²) in [6.45, 7) is 0.878. The first-order valence-corrected chi connectivity index (χ1v) is 4.26. The number of aliphatic hydroxyl groups is 1. The molecular weight excluding hydrogens is 140 g/mol. The second-order valence-electron chi connectivity index (χ2n) is 3.63. The van der Waals surface area contributed by atoms with Crippen molar-refractivity contribution in [1.29, 1.82) is 0 Å². The van der Waals surface area contributed by atoms with E-state index in [9.17, 15) is 5.11 Å². The van der Waals surface area contributed by atoms with Crippen LogP contribution in [0.1, 0.15) is 25.7 Å². The number of hydrazine groups is 1. The first kappa shape index (κ1) is 8.97. The van der Waals surface area contributed by atoms with E-state index >= 15 is 0 Å². The molecule has 0 aromatic rings. The van der Waals surface area contributed by atoms with Gasteiger partial charge in [0.1, 0.15) is 0 Å². The van der Waals surface area contributed by atoms with Crippen LogP contribution in [0.2, 0.25) is 0 Å². The molecule has 0 saturated heterocycles. The second-order valence-corrected chi connectivity index (χ2v) is 3.63. The van der Waals surface area contributed by atoms with Crippen molar-refractivity contribution in [3.63, 3.8) is 0 Å². The zero-order valence-corrected chi connectivity index (χ0v) is 7.43. The molecule has 11 heavy (non-hydrogen) atoms. The predicted octanol–water partition coefficient (Wildman–Crippen LogP) is 0.358. The molecule has 1 aliphatic carbocycles. The SMILES string of the molecule is CN(C)NCCC1(O)CCC1. The van der Waals surface area contributed by atoms with Gasteiger partial charge in [0.2, 0.25) is 0 Å². The number of nitrogens with zero attached hydrogens (tertiary/aromatic N) is 1. The molecule has 3 heteroatoms. The van der Waals surface area contributed by atoms with Crippen LogP contribution < -0.4 is 5.43 Å². The van der Waals surface area contributed by atoms with Crippen molar-refractivity contribution in [3.8, 4) is 0 Å². The fourth-order valence-corrected chi connectivity index (χ4v) is 1.35. The van der Waals surface area contributed by atoms with Crippen LogP contribution in [-0.2, 0) is 0 Å². The summed E-state index contributed by atoms with van der Waals surface area (Å²) in [6.07, 6.45) is 4.05. The van der Waals surface area contributed by atoms with Crippen LogP contribution in [0.25, 0.3) is 0 Å². The molecule has 1 saturated carbocycles. The molecule has 0 aromatic heterocycles. The van der Waals surface area contributed by atoms with E-state index in [1.165, 1.54) is 6.42 Å². The molecule has 1 rings (SSSR count). The highest BCUT2D eigenvalue weighted by Gasteiger charge is 2.33. The average Bonchev–Trinajstić information content (AvgIpc) is 1.83. The molecule has 0 aromatic carbocycles. The zero-order chi connectivity index (χ0) is 8.32. The molecule has 0 bridgehead atoms. The summed E-state index contributed by atoms with van der Waals surface area (Å²) >= 11 is 0. The lowest BCUT2D eigenvalue weighted by Crippen LogP contribution is -2.42. The van der Waals surface area contributed by atoms with Gasteiger partial charge in [0.25, 0.3) is 0 Å². The summed E-state index contributed by atoms with van der Waals surface area (Å²) in [6, 6.07) is 0. The average molecular weight is 158 g/mol. The van der Waals surface area contributed by atoms with Crippen molar-refractivity contribution in [1.82, 2.24) is 10.4 Å². The molecule has 0 heterocycles. The van der Waals surface area contributed by atoms with E-state index in [2.05, 4.69) is 5.43 Å². The Balaban J connectivity index is 2.02. The van der Waals surface area contributed by atoms with Gasteiger partial charge in [-0.2, -0.15) is 0 Å². The van der Waals surface area contributed by atoms with E-state index in [0.717, 1.165) is 25.8 Å². The van der Waals surface area contributed by atoms with Crippen molar-refractivity contribution in [2.24, 2.45) is 0 Å². The van der Waals surface area contributed by atoms with E-state index in [4.69, 9.17) is 0 Å². The Labute approximate surface area is 68.4 Å². The fraction of sp³-hybridized carbons (Fsp3) is 1.00. The minimum atomic E-state index is -0.330. The van der Waals surface area contributed by atoms with Crippen LogP contribution >= 0.6 is 0 Å². The van der Waals surface area contributed by atoms with E-state index in [1.54, 1.807) is 0 Å². The molecule has 2 N–H and O–H groups in total. The highest BCUT2D eigenvalue weighted by Crippen LogP contribution is 2.33. The number of hydrogen-bond donors (Lipinski definition) is 2. The first-order chi connectivity index (χ1) is 5.12. The lowest BCUT2D eigenvalue weighted by Gasteiger charge is -2.36. The van der Waals surface area contributed by atoms with E-state index in [1.807, 2.05) is 19.1 Å². The summed E-state index contributed by atoms with van der Waals surface area (Å²) < 4.78 is 0. The molecule has 0 spiro atoms. The van der Waals surface area contributed by atoms with Crippen LogP contribution in [0.3, 0.4) is 0 Å². The van der Waals surface area contributed by atoms with E-state index < -0.39 is 0 Å². The van der Waals surface area contributed by atoms with E-state index in [0.29, 0.717) is 0 Å². The Bertz CT molecular complexity index is 121. The smallest absolute Gasteiger partial charge is 0.0660 e. The van der Waals surface area contributed by atoms with Crippen molar-refractivity contribution in [3.05, 3.63) is 0 Å². The summed E-state index contributed by atoms with van der Waals surface area (Å²) in [4.78, 5) is 0. The third-order valence-electron chi connectivity index (χ3n) is 2.30. The Hall–Kier alpha value is -0.120. The molecular formula is C8H18N2O. The highest BCUT2D eigenvalue weighted by molar-refractivity contribution is 4.87. The maximum Gasteiger partial charge on any atom is 0.0660 e. The van der Waals surface area contributed by atoms with Crippen molar-refractivity contribution < 1.29 is 5.11 Å². The Morgan fingerprint density at radius 1 is 1.45 bits per heavy atom. The first-order valence-electron chi connectivity index (χ1n) is 4.26. The van der Waals surface area contributed by atoms with Crippen molar-refractivity contribution >= 4 is 0 Å². The van der Waals surface area contributed by atoms with Gasteiger partial charge in [-0.15, -0.1) is 0 Å². The van der Waals surface area contributed by atoms with Gasteiger partial charge in [0.05, 0.1) is 5.60 Å². The van der Waals surface area contributed by atoms with Gasteiger partial charge >= 0.3 is 0 Å². The van der Waals surface area contributed by atoms with Crippen LogP contribution in [0, 0.1) is 0 Å². The van der Waals surface area contributed by atoms with Gasteiger partial charge in [0, 0.05) is 20.6 Å². The molecule has 0 aliphatic heterocycles. The summed E-state index contributed by atoms with van der Waals surface area (Å²) in [5.41, 5.74) is 2.81. The minimum absolute atomic E-state index is 0.330. The Morgan fingerprint density at radius 3 is 2.45 bits per heavy atom. The van der Waals surface area contributed by atoms with Gasteiger partial charge in [-0.05, 0) is 25.7 Å². The maximum absolute atomic E-state index is 9.66. The molecule has 0 unspecified atom stereocenters. The van der Waals surface area contributed by atoms with Gasteiger partial charge in [-0.25, -0.2) is 0 Å². The normalized spacial score (nSPS) is 21.8. The lowest BCUT2D eigenvalue weighted by molar-refractivity contribution is -0.0419. The molecule has 3 nitrogen and oxygen atoms in total. The van der Waals surface area contributed by atoms with Crippen molar-refractivity contribution in [2.45, 2.75) is 31.3 Å². The Morgan fingerprint density at radius 2 is 2.09 bits per heavy atom. The number of hydrogen-bond acceptors (Lipinski definition) is 3. The standard InChI is InChI=1S/C8H18N2O/c1-10(2)9-7-6-8(11)4-3-5-8/h9,11H,3-7H2,1-2H3. The largest absolute Gasteiger partial charge is 0.390 e. The van der Waals surface area contributed by atoms with E-state index in [-0.39, 0.29) is 5.60 Å². The maximum atomic E-state index is 9.66. The molecule has 1 fully saturated rings. The third-order valence-corrected chi connectivity index (χ3v) is 2.30. The summed E-state index contributed by atoms with van der Waals surface area (Å²) in [5.74, 6) is 0. The molecule has 66 valence electrons. The summed E-state index contributed by atoms with van der Waals surface area (Å²) in [7, 11) is 3.93. The Kier molecular flexibility index (Phi) is 2.87. The second kappa shape index (κ2) is 3.52. The zero-order valence-electron chi connectivity index (χ0n) is 7.43. The quantitative estimate of drug-likeness (QED) is 0.580. The van der Waals surface area contributed by atoms with Crippen LogP contribution in [0.5, 0.6) is 0 Å². The minimum Gasteiger partial charge on any atom is -0.390 e. The monoisotopic (exact) mass is 158 g/mol. The molecule has 0 atom stereocenters. The van der Waals surface area contributed by atoms with Crippen molar-refractivity contribution in [2.75, 3.05) is 20.6 Å². The third kappa shape index (κ3) is 2.77. The van der Waals surface area contributed by atoms with Gasteiger partial charge < -0.3 is 5.11 Å². The predicted molar refractivity (Wildman–Crippen MR) is 45.1 cm³/mol. The molecule has 0 amide bonds.